The highest BCUT2D eigenvalue weighted by Crippen LogP contribution is 1.94. The summed E-state index contributed by atoms with van der Waals surface area (Å²) in [6.07, 6.45) is 0. The molecule has 1 saturated heterocycles. The summed E-state index contributed by atoms with van der Waals surface area (Å²) >= 11 is 0. The average molecular weight is 248 g/mol. The van der Waals surface area contributed by atoms with Crippen molar-refractivity contribution in [2.75, 3.05) is 65.7 Å². The van der Waals surface area contributed by atoms with E-state index in [-0.39, 0.29) is 13.2 Å². The predicted octanol–water partition coefficient (Wildman–Crippen LogP) is -0.369. The summed E-state index contributed by atoms with van der Waals surface area (Å²) in [6.45, 7) is 12.0. The van der Waals surface area contributed by atoms with Gasteiger partial charge in [0.05, 0.1) is 26.4 Å². The Morgan fingerprint density at radius 3 is 2.00 bits per heavy atom. The standard InChI is InChI=1S/C6H13NO2.C6H15NO/c8-4-1-7-2-5-9-6-3-7;1-3-7(4-2)5-6-8/h8H,1-6H2;8H,3-6H2,1-2H3. The first-order valence-electron chi connectivity index (χ1n) is 6.52. The van der Waals surface area contributed by atoms with Gasteiger partial charge in [-0.3, -0.25) is 4.90 Å². The molecule has 0 aromatic heterocycles. The molecule has 0 bridgehead atoms. The molecule has 2 N–H and O–H groups in total. The maximum Gasteiger partial charge on any atom is 0.0594 e. The summed E-state index contributed by atoms with van der Waals surface area (Å²) in [5, 5.41) is 17.0. The zero-order valence-corrected chi connectivity index (χ0v) is 11.3. The Kier molecular flexibility index (Phi) is 12.1. The van der Waals surface area contributed by atoms with E-state index in [4.69, 9.17) is 14.9 Å². The molecule has 0 unspecified atom stereocenters. The fourth-order valence-electron chi connectivity index (χ4n) is 1.65. The van der Waals surface area contributed by atoms with Gasteiger partial charge in [0.15, 0.2) is 0 Å². The number of nitrogens with zero attached hydrogens (tertiary/aromatic N) is 2. The zero-order chi connectivity index (χ0) is 12.9. The van der Waals surface area contributed by atoms with Gasteiger partial charge in [0, 0.05) is 26.2 Å². The van der Waals surface area contributed by atoms with Gasteiger partial charge in [0.1, 0.15) is 0 Å². The topological polar surface area (TPSA) is 56.2 Å². The second kappa shape index (κ2) is 12.3. The van der Waals surface area contributed by atoms with Crippen LogP contribution in [0.15, 0.2) is 0 Å². The second-order valence-electron chi connectivity index (χ2n) is 3.93. The van der Waals surface area contributed by atoms with Crippen molar-refractivity contribution in [3.63, 3.8) is 0 Å². The number of aliphatic hydroxyl groups excluding tert-OH is 2. The molecule has 1 heterocycles. The van der Waals surface area contributed by atoms with E-state index in [1.54, 1.807) is 0 Å². The van der Waals surface area contributed by atoms with E-state index >= 15 is 0 Å². The molecule has 1 aliphatic heterocycles. The van der Waals surface area contributed by atoms with E-state index in [1.807, 2.05) is 0 Å². The molecule has 104 valence electrons. The quantitative estimate of drug-likeness (QED) is 0.672. The Hall–Kier alpha value is -0.200. The summed E-state index contributed by atoms with van der Waals surface area (Å²) in [7, 11) is 0. The summed E-state index contributed by atoms with van der Waals surface area (Å²) in [4.78, 5) is 4.38. The van der Waals surface area contributed by atoms with Crippen LogP contribution in [0.25, 0.3) is 0 Å². The van der Waals surface area contributed by atoms with Crippen molar-refractivity contribution in [1.82, 2.24) is 9.80 Å². The summed E-state index contributed by atoms with van der Waals surface area (Å²) in [6, 6.07) is 0. The number of aliphatic hydroxyl groups is 2. The van der Waals surface area contributed by atoms with Crippen LogP contribution >= 0.6 is 0 Å². The third-order valence-electron chi connectivity index (χ3n) is 2.83. The van der Waals surface area contributed by atoms with E-state index in [0.717, 1.165) is 52.5 Å². The van der Waals surface area contributed by atoms with Gasteiger partial charge in [-0.05, 0) is 13.1 Å². The molecule has 1 rings (SSSR count). The minimum atomic E-state index is 0.264. The van der Waals surface area contributed by atoms with Gasteiger partial charge >= 0.3 is 0 Å². The molecule has 5 heteroatoms. The van der Waals surface area contributed by atoms with Crippen LogP contribution in [0.5, 0.6) is 0 Å². The van der Waals surface area contributed by atoms with Gasteiger partial charge in [-0.2, -0.15) is 0 Å². The second-order valence-corrected chi connectivity index (χ2v) is 3.93. The predicted molar refractivity (Wildman–Crippen MR) is 69.2 cm³/mol. The number of ether oxygens (including phenoxy) is 1. The fraction of sp³-hybridized carbons (Fsp3) is 1.00. The maximum atomic E-state index is 8.54. The number of morpholine rings is 1. The van der Waals surface area contributed by atoms with Crippen molar-refractivity contribution in [3.05, 3.63) is 0 Å². The highest BCUT2D eigenvalue weighted by molar-refractivity contribution is 4.59. The molecule has 0 aromatic carbocycles. The molecule has 0 aliphatic carbocycles. The molecule has 0 spiro atoms. The number of hydrogen-bond acceptors (Lipinski definition) is 5. The van der Waals surface area contributed by atoms with E-state index in [0.29, 0.717) is 0 Å². The van der Waals surface area contributed by atoms with Gasteiger partial charge in [0.25, 0.3) is 0 Å². The van der Waals surface area contributed by atoms with Gasteiger partial charge < -0.3 is 19.8 Å². The van der Waals surface area contributed by atoms with Crippen LogP contribution in [-0.4, -0.2) is 85.7 Å². The van der Waals surface area contributed by atoms with Crippen LogP contribution in [0.1, 0.15) is 13.8 Å². The Balaban J connectivity index is 0.000000304. The number of rotatable bonds is 6. The molecular formula is C12H28N2O3. The van der Waals surface area contributed by atoms with Crippen molar-refractivity contribution in [2.45, 2.75) is 13.8 Å². The van der Waals surface area contributed by atoms with Crippen LogP contribution in [0.2, 0.25) is 0 Å². The summed E-state index contributed by atoms with van der Waals surface area (Å²) < 4.78 is 5.12. The summed E-state index contributed by atoms with van der Waals surface area (Å²) in [5.41, 5.74) is 0. The molecule has 0 radical (unpaired) electrons. The van der Waals surface area contributed by atoms with Crippen LogP contribution in [0.3, 0.4) is 0 Å². The monoisotopic (exact) mass is 248 g/mol. The van der Waals surface area contributed by atoms with E-state index < -0.39 is 0 Å². The van der Waals surface area contributed by atoms with Gasteiger partial charge in [-0.1, -0.05) is 13.8 Å². The Morgan fingerprint density at radius 2 is 1.65 bits per heavy atom. The van der Waals surface area contributed by atoms with E-state index in [9.17, 15) is 0 Å². The lowest BCUT2D eigenvalue weighted by Crippen LogP contribution is -2.37. The molecule has 0 aromatic rings. The highest BCUT2D eigenvalue weighted by atomic mass is 16.5. The van der Waals surface area contributed by atoms with Gasteiger partial charge in [-0.25, -0.2) is 0 Å². The number of likely N-dealkylation sites (N-methyl/N-ethyl adjacent to an activating group) is 1. The highest BCUT2D eigenvalue weighted by Gasteiger charge is 2.07. The number of β-amino-alcohol motifs (C(OH)–C–C–N with tert-alkyl or cyclic N) is 1. The lowest BCUT2D eigenvalue weighted by atomic mass is 10.4. The first-order chi connectivity index (χ1) is 8.28. The zero-order valence-electron chi connectivity index (χ0n) is 11.3. The smallest absolute Gasteiger partial charge is 0.0594 e. The number of hydrogen-bond donors (Lipinski definition) is 2. The van der Waals surface area contributed by atoms with Crippen LogP contribution in [0.4, 0.5) is 0 Å². The molecule has 17 heavy (non-hydrogen) atoms. The molecule has 1 aliphatic rings. The molecule has 0 saturated carbocycles. The Morgan fingerprint density at radius 1 is 1.06 bits per heavy atom. The maximum absolute atomic E-state index is 8.54. The fourth-order valence-corrected chi connectivity index (χ4v) is 1.65. The average Bonchev–Trinajstić information content (AvgIpc) is 2.38. The first-order valence-corrected chi connectivity index (χ1v) is 6.52. The minimum absolute atomic E-state index is 0.264. The van der Waals surface area contributed by atoms with Gasteiger partial charge in [-0.15, -0.1) is 0 Å². The summed E-state index contributed by atoms with van der Waals surface area (Å²) in [5.74, 6) is 0. The molecular weight excluding hydrogens is 220 g/mol. The van der Waals surface area contributed by atoms with Gasteiger partial charge in [0.2, 0.25) is 0 Å². The first kappa shape index (κ1) is 16.8. The minimum Gasteiger partial charge on any atom is -0.395 e. The van der Waals surface area contributed by atoms with Crippen molar-refractivity contribution in [2.24, 2.45) is 0 Å². The lowest BCUT2D eigenvalue weighted by molar-refractivity contribution is 0.0306. The van der Waals surface area contributed by atoms with E-state index in [2.05, 4.69) is 23.6 Å². The molecule has 0 atom stereocenters. The molecule has 0 amide bonds. The van der Waals surface area contributed by atoms with Crippen LogP contribution in [-0.2, 0) is 4.74 Å². The van der Waals surface area contributed by atoms with Crippen molar-refractivity contribution >= 4 is 0 Å². The van der Waals surface area contributed by atoms with Crippen LogP contribution < -0.4 is 0 Å². The third kappa shape index (κ3) is 9.50. The third-order valence-corrected chi connectivity index (χ3v) is 2.83. The van der Waals surface area contributed by atoms with Crippen molar-refractivity contribution in [3.8, 4) is 0 Å². The SMILES string of the molecule is CCN(CC)CCO.OCCN1CCOCC1. The lowest BCUT2D eigenvalue weighted by Gasteiger charge is -2.25. The van der Waals surface area contributed by atoms with Crippen molar-refractivity contribution in [1.29, 1.82) is 0 Å². The Labute approximate surface area is 105 Å². The van der Waals surface area contributed by atoms with E-state index in [1.165, 1.54) is 0 Å². The largest absolute Gasteiger partial charge is 0.395 e. The Bertz CT molecular complexity index is 146. The normalized spacial score (nSPS) is 16.8. The molecule has 1 fully saturated rings. The van der Waals surface area contributed by atoms with Crippen molar-refractivity contribution < 1.29 is 14.9 Å². The van der Waals surface area contributed by atoms with Crippen LogP contribution in [0, 0.1) is 0 Å². The molecule has 5 nitrogen and oxygen atoms in total.